The molecule has 1 aromatic carbocycles. The number of ether oxygens (including phenoxy) is 1. The number of rotatable bonds is 7. The molecule has 0 amide bonds. The fourth-order valence-corrected chi connectivity index (χ4v) is 2.56. The minimum atomic E-state index is -0.262. The Hall–Kier alpha value is -0.490. The third-order valence-electron chi connectivity index (χ3n) is 2.76. The Morgan fingerprint density at radius 1 is 1.50 bits per heavy atom. The highest BCUT2D eigenvalue weighted by Gasteiger charge is 2.15. The van der Waals surface area contributed by atoms with Crippen molar-refractivity contribution >= 4 is 15.9 Å². The van der Waals surface area contributed by atoms with Crippen LogP contribution in [0.3, 0.4) is 0 Å². The average Bonchev–Trinajstić information content (AvgIpc) is 2.29. The van der Waals surface area contributed by atoms with E-state index >= 15 is 0 Å². The minimum Gasteiger partial charge on any atom is -0.396 e. The van der Waals surface area contributed by atoms with Gasteiger partial charge >= 0.3 is 0 Å². The summed E-state index contributed by atoms with van der Waals surface area (Å²) in [4.78, 5) is 0. The van der Waals surface area contributed by atoms with Gasteiger partial charge in [0.25, 0.3) is 0 Å². The van der Waals surface area contributed by atoms with E-state index in [1.807, 2.05) is 6.92 Å². The van der Waals surface area contributed by atoms with Crippen LogP contribution in [0.25, 0.3) is 0 Å². The maximum Gasteiger partial charge on any atom is 0.124 e. The van der Waals surface area contributed by atoms with E-state index in [1.165, 1.54) is 12.1 Å². The zero-order chi connectivity index (χ0) is 13.5. The Balaban J connectivity index is 2.70. The topological polar surface area (TPSA) is 41.5 Å². The van der Waals surface area contributed by atoms with E-state index in [-0.39, 0.29) is 24.5 Å². The third kappa shape index (κ3) is 4.65. The van der Waals surface area contributed by atoms with E-state index in [2.05, 4.69) is 21.2 Å². The van der Waals surface area contributed by atoms with Crippen molar-refractivity contribution in [3.05, 3.63) is 34.1 Å². The van der Waals surface area contributed by atoms with Crippen molar-refractivity contribution in [1.82, 2.24) is 5.32 Å². The maximum atomic E-state index is 13.0. The van der Waals surface area contributed by atoms with Crippen molar-refractivity contribution < 1.29 is 14.2 Å². The summed E-state index contributed by atoms with van der Waals surface area (Å²) in [6.07, 6.45) is 0.622. The summed E-state index contributed by atoms with van der Waals surface area (Å²) in [7, 11) is 1.63. The molecule has 1 aromatic rings. The smallest absolute Gasteiger partial charge is 0.124 e. The molecule has 18 heavy (non-hydrogen) atoms. The molecule has 0 saturated carbocycles. The van der Waals surface area contributed by atoms with E-state index < -0.39 is 0 Å². The van der Waals surface area contributed by atoms with Crippen LogP contribution < -0.4 is 5.32 Å². The molecule has 5 heteroatoms. The van der Waals surface area contributed by atoms with Crippen molar-refractivity contribution in [2.45, 2.75) is 25.4 Å². The van der Waals surface area contributed by atoms with E-state index in [1.54, 1.807) is 13.2 Å². The van der Waals surface area contributed by atoms with Gasteiger partial charge in [-0.15, -0.1) is 0 Å². The van der Waals surface area contributed by atoms with E-state index in [4.69, 9.17) is 9.84 Å². The first kappa shape index (κ1) is 15.6. The second-order valence-electron chi connectivity index (χ2n) is 4.22. The number of halogens is 2. The van der Waals surface area contributed by atoms with E-state index in [9.17, 15) is 4.39 Å². The highest BCUT2D eigenvalue weighted by atomic mass is 79.9. The first-order chi connectivity index (χ1) is 8.58. The normalized spacial score (nSPS) is 14.5. The van der Waals surface area contributed by atoms with Crippen LogP contribution in [0.5, 0.6) is 0 Å². The van der Waals surface area contributed by atoms with Gasteiger partial charge in [-0.1, -0.05) is 22.0 Å². The molecule has 2 N–H and O–H groups in total. The van der Waals surface area contributed by atoms with Crippen molar-refractivity contribution in [3.63, 3.8) is 0 Å². The Bertz CT molecular complexity index is 370. The van der Waals surface area contributed by atoms with Gasteiger partial charge in [-0.25, -0.2) is 4.39 Å². The van der Waals surface area contributed by atoms with Crippen molar-refractivity contribution in [2.75, 3.05) is 20.3 Å². The van der Waals surface area contributed by atoms with Gasteiger partial charge in [0.1, 0.15) is 5.82 Å². The minimum absolute atomic E-state index is 0.0478. The van der Waals surface area contributed by atoms with Gasteiger partial charge < -0.3 is 15.2 Å². The molecular weight excluding hydrogens is 301 g/mol. The molecule has 2 unspecified atom stereocenters. The summed E-state index contributed by atoms with van der Waals surface area (Å²) >= 11 is 3.35. The first-order valence-corrected chi connectivity index (χ1v) is 6.68. The Kier molecular flexibility index (Phi) is 6.78. The number of aliphatic hydroxyl groups excluding tert-OH is 1. The molecule has 0 aliphatic carbocycles. The van der Waals surface area contributed by atoms with Crippen LogP contribution in [0.2, 0.25) is 0 Å². The standard InChI is InChI=1S/C13H19BrFNO2/c1-9(16-11(5-6-17)8-18-2)12-4-3-10(15)7-13(12)14/h3-4,7,9,11,16-17H,5-6,8H2,1-2H3. The molecule has 0 bridgehead atoms. The summed E-state index contributed by atoms with van der Waals surface area (Å²) in [5, 5.41) is 12.3. The van der Waals surface area contributed by atoms with Gasteiger partial charge in [0.15, 0.2) is 0 Å². The SMILES string of the molecule is COCC(CCO)NC(C)c1ccc(F)cc1Br. The van der Waals surface area contributed by atoms with Gasteiger partial charge in [0, 0.05) is 30.3 Å². The van der Waals surface area contributed by atoms with Gasteiger partial charge in [0.05, 0.1) is 6.61 Å². The average molecular weight is 320 g/mol. The number of aliphatic hydroxyl groups is 1. The molecule has 0 aliphatic heterocycles. The van der Waals surface area contributed by atoms with Gasteiger partial charge in [-0.3, -0.25) is 0 Å². The fraction of sp³-hybridized carbons (Fsp3) is 0.538. The molecule has 0 aliphatic rings. The lowest BCUT2D eigenvalue weighted by Gasteiger charge is -2.23. The molecule has 0 radical (unpaired) electrons. The maximum absolute atomic E-state index is 13.0. The summed E-state index contributed by atoms with van der Waals surface area (Å²) in [5.41, 5.74) is 0.982. The van der Waals surface area contributed by atoms with Crippen molar-refractivity contribution in [3.8, 4) is 0 Å². The highest BCUT2D eigenvalue weighted by molar-refractivity contribution is 9.10. The Morgan fingerprint density at radius 3 is 2.78 bits per heavy atom. The van der Waals surface area contributed by atoms with Crippen LogP contribution in [-0.2, 0) is 4.74 Å². The van der Waals surface area contributed by atoms with Crippen LogP contribution in [-0.4, -0.2) is 31.5 Å². The van der Waals surface area contributed by atoms with Crippen molar-refractivity contribution in [2.24, 2.45) is 0 Å². The van der Waals surface area contributed by atoms with Crippen molar-refractivity contribution in [1.29, 1.82) is 0 Å². The zero-order valence-electron chi connectivity index (χ0n) is 10.6. The predicted molar refractivity (Wildman–Crippen MR) is 73.0 cm³/mol. The molecule has 2 atom stereocenters. The Labute approximate surface area is 115 Å². The van der Waals surface area contributed by atoms with E-state index in [0.29, 0.717) is 13.0 Å². The Morgan fingerprint density at radius 2 is 2.22 bits per heavy atom. The van der Waals surface area contributed by atoms with Gasteiger partial charge in [0.2, 0.25) is 0 Å². The second-order valence-corrected chi connectivity index (χ2v) is 5.07. The summed E-state index contributed by atoms with van der Waals surface area (Å²) in [6, 6.07) is 4.76. The second kappa shape index (κ2) is 7.84. The van der Waals surface area contributed by atoms with Crippen LogP contribution in [0, 0.1) is 5.82 Å². The predicted octanol–water partition coefficient (Wildman–Crippen LogP) is 2.64. The number of nitrogens with one attached hydrogen (secondary N) is 1. The summed E-state index contributed by atoms with van der Waals surface area (Å²) in [6.45, 7) is 2.64. The summed E-state index contributed by atoms with van der Waals surface area (Å²) in [5.74, 6) is -0.262. The van der Waals surface area contributed by atoms with E-state index in [0.717, 1.165) is 10.0 Å². The van der Waals surface area contributed by atoms with Crippen LogP contribution in [0.4, 0.5) is 4.39 Å². The number of hydrogen-bond acceptors (Lipinski definition) is 3. The number of methoxy groups -OCH3 is 1. The first-order valence-electron chi connectivity index (χ1n) is 5.89. The molecular formula is C13H19BrFNO2. The van der Waals surface area contributed by atoms with Crippen LogP contribution in [0.1, 0.15) is 24.9 Å². The third-order valence-corrected chi connectivity index (χ3v) is 3.45. The number of benzene rings is 1. The van der Waals surface area contributed by atoms with Gasteiger partial charge in [-0.2, -0.15) is 0 Å². The van der Waals surface area contributed by atoms with Crippen LogP contribution in [0.15, 0.2) is 22.7 Å². The molecule has 1 rings (SSSR count). The largest absolute Gasteiger partial charge is 0.396 e. The molecule has 0 spiro atoms. The summed E-state index contributed by atoms with van der Waals surface area (Å²) < 4.78 is 18.8. The molecule has 3 nitrogen and oxygen atoms in total. The monoisotopic (exact) mass is 319 g/mol. The fourth-order valence-electron chi connectivity index (χ4n) is 1.87. The van der Waals surface area contributed by atoms with Gasteiger partial charge in [-0.05, 0) is 31.0 Å². The molecule has 102 valence electrons. The molecule has 0 saturated heterocycles. The number of hydrogen-bond donors (Lipinski definition) is 2. The van der Waals surface area contributed by atoms with Crippen LogP contribution >= 0.6 is 15.9 Å². The lowest BCUT2D eigenvalue weighted by atomic mass is 10.1. The quantitative estimate of drug-likeness (QED) is 0.811. The lowest BCUT2D eigenvalue weighted by molar-refractivity contribution is 0.143. The molecule has 0 fully saturated rings. The zero-order valence-corrected chi connectivity index (χ0v) is 12.2. The molecule has 0 aromatic heterocycles. The highest BCUT2D eigenvalue weighted by Crippen LogP contribution is 2.24. The molecule has 0 heterocycles. The lowest BCUT2D eigenvalue weighted by Crippen LogP contribution is -2.36.